The van der Waals surface area contributed by atoms with Gasteiger partial charge in [-0.05, 0) is 90.9 Å². The smallest absolute Gasteiger partial charge is 0.457 e. The second-order valence-corrected chi connectivity index (χ2v) is 5.07. The van der Waals surface area contributed by atoms with Crippen LogP contribution in [0.4, 0.5) is 0 Å². The molecule has 0 heterocycles. The lowest BCUT2D eigenvalue weighted by Gasteiger charge is -2.06. The number of rotatable bonds is 4. The van der Waals surface area contributed by atoms with Crippen LogP contribution in [-0.2, 0) is 4.81 Å². The Balaban J connectivity index is -0.000000479. The minimum Gasteiger partial charge on any atom is -0.457 e. The van der Waals surface area contributed by atoms with E-state index in [4.69, 9.17) is 25.1 Å². The fourth-order valence-electron chi connectivity index (χ4n) is 1.65. The minimum absolute atomic E-state index is 0. The van der Waals surface area contributed by atoms with Gasteiger partial charge in [0.15, 0.2) is 0 Å². The summed E-state index contributed by atoms with van der Waals surface area (Å²) in [4.78, 5) is 2.97. The van der Waals surface area contributed by atoms with E-state index in [1.165, 1.54) is 0 Å². The van der Waals surface area contributed by atoms with Gasteiger partial charge in [-0.15, -0.1) is 0 Å². The van der Waals surface area contributed by atoms with Gasteiger partial charge in [0.2, 0.25) is 0 Å². The molecule has 0 aromatic heterocycles. The van der Waals surface area contributed by atoms with Gasteiger partial charge in [0.05, 0.1) is 0 Å². The topological polar surface area (TPSA) is 99.4 Å². The van der Waals surface area contributed by atoms with Crippen LogP contribution in [0.25, 0.3) is 0 Å². The molecule has 0 spiro atoms. The predicted octanol–water partition coefficient (Wildman–Crippen LogP) is 1.70. The van der Waals surface area contributed by atoms with E-state index >= 15 is 0 Å². The Morgan fingerprint density at radius 1 is 0.719 bits per heavy atom. The molecule has 0 aliphatic heterocycles. The first-order valence-electron chi connectivity index (χ1n) is 8.87. The van der Waals surface area contributed by atoms with Gasteiger partial charge in [0, 0.05) is 2.85 Å². The summed E-state index contributed by atoms with van der Waals surface area (Å²) in [6.45, 7) is 3.44. The van der Waals surface area contributed by atoms with Gasteiger partial charge < -0.3 is 19.8 Å². The predicted molar refractivity (Wildman–Crippen MR) is 129 cm³/mol. The Bertz CT molecular complexity index is 1060. The van der Waals surface area contributed by atoms with Crippen molar-refractivity contribution in [3.05, 3.63) is 54.6 Å². The van der Waals surface area contributed by atoms with Crippen molar-refractivity contribution in [2.75, 3.05) is 0 Å². The molecule has 6 nitrogen and oxygen atoms in total. The molecule has 4 N–H and O–H groups in total. The molecule has 2 rings (SSSR count). The van der Waals surface area contributed by atoms with Gasteiger partial charge in [-0.25, -0.2) is 0 Å². The minimum atomic E-state index is -1.44. The van der Waals surface area contributed by atoms with E-state index < -0.39 is 7.12 Å². The molecule has 32 heavy (non-hydrogen) atoms. The standard InChI is InChI=1S/C12H11BO3.C12H6.BH2O3.2H2/c14-13(15)10-6-8-12(9-7-10)16-11-4-2-1-3-5-11;1-3-5-7-9-11-12-10-8-6-4-2;2-1-4-3;;/h1-9,14-15H;1-2H3;2-3H;2*1H. The number of ether oxygens (including phenoxy) is 1. The third kappa shape index (κ3) is 15.8. The molecule has 8 heteroatoms. The van der Waals surface area contributed by atoms with Gasteiger partial charge in [-0.1, -0.05) is 42.2 Å². The molecule has 0 atom stereocenters. The summed E-state index contributed by atoms with van der Waals surface area (Å²) in [5.74, 6) is 27.0. The van der Waals surface area contributed by atoms with Crippen molar-refractivity contribution >= 4 is 20.3 Å². The Labute approximate surface area is 192 Å². The Morgan fingerprint density at radius 2 is 1.12 bits per heavy atom. The third-order valence-electron chi connectivity index (χ3n) is 2.89. The maximum Gasteiger partial charge on any atom is 0.521 e. The maximum absolute atomic E-state index is 8.92. The van der Waals surface area contributed by atoms with E-state index in [0.29, 0.717) is 11.2 Å². The lowest BCUT2D eigenvalue weighted by atomic mass is 9.80. The molecular formula is C24H23B2O6. The summed E-state index contributed by atoms with van der Waals surface area (Å²) < 4.78 is 5.55. The maximum atomic E-state index is 8.92. The summed E-state index contributed by atoms with van der Waals surface area (Å²) >= 11 is 0. The zero-order valence-corrected chi connectivity index (χ0v) is 17.5. The van der Waals surface area contributed by atoms with Crippen LogP contribution in [0.3, 0.4) is 0 Å². The highest BCUT2D eigenvalue weighted by Crippen LogP contribution is 2.19. The number of benzene rings is 2. The van der Waals surface area contributed by atoms with Crippen LogP contribution in [0.2, 0.25) is 0 Å². The van der Waals surface area contributed by atoms with E-state index in [9.17, 15) is 0 Å². The summed E-state index contributed by atoms with van der Waals surface area (Å²) in [5, 5.41) is 32.2. The Morgan fingerprint density at radius 3 is 1.50 bits per heavy atom. The quantitative estimate of drug-likeness (QED) is 0.256. The van der Waals surface area contributed by atoms with Crippen molar-refractivity contribution in [3.63, 3.8) is 0 Å². The van der Waals surface area contributed by atoms with E-state index in [0.717, 1.165) is 5.75 Å². The average molecular weight is 429 g/mol. The van der Waals surface area contributed by atoms with Crippen molar-refractivity contribution in [1.29, 1.82) is 0 Å². The highest BCUT2D eigenvalue weighted by atomic mass is 17.1. The number of hydrogen-bond acceptors (Lipinski definition) is 6. The summed E-state index contributed by atoms with van der Waals surface area (Å²) in [6.07, 6.45) is 0. The second-order valence-electron chi connectivity index (χ2n) is 5.07. The fourth-order valence-corrected chi connectivity index (χ4v) is 1.65. The third-order valence-corrected chi connectivity index (χ3v) is 2.89. The highest BCUT2D eigenvalue weighted by Gasteiger charge is 2.09. The fraction of sp³-hybridized carbons (Fsp3) is 0.0833. The number of para-hydroxylation sites is 1. The van der Waals surface area contributed by atoms with Crippen LogP contribution in [-0.4, -0.2) is 35.1 Å². The van der Waals surface area contributed by atoms with Crippen molar-refractivity contribution in [1.82, 2.24) is 0 Å². The van der Waals surface area contributed by atoms with Gasteiger partial charge in [-0.2, -0.15) is 0 Å². The molecular weight excluding hydrogens is 406 g/mol. The molecule has 2 aromatic rings. The average Bonchev–Trinajstić information content (AvgIpc) is 2.82. The first-order chi connectivity index (χ1) is 15.6. The SMILES string of the molecule is CC#CC#CC#CC#CC#CC.OB(O)c1ccc(Oc2ccccc2)cc1.O[B]OO.[HH].[HH]. The molecule has 2 aromatic carbocycles. The first-order valence-corrected chi connectivity index (χ1v) is 8.87. The Kier molecular flexibility index (Phi) is 17.7. The Hall–Kier alpha value is -4.03. The van der Waals surface area contributed by atoms with Crippen LogP contribution in [0.15, 0.2) is 54.6 Å². The van der Waals surface area contributed by atoms with Gasteiger partial charge in [-0.3, -0.25) is 10.1 Å². The van der Waals surface area contributed by atoms with E-state index in [-0.39, 0.29) is 10.5 Å². The summed E-state index contributed by atoms with van der Waals surface area (Å²) in [5.41, 5.74) is 0.445. The van der Waals surface area contributed by atoms with Crippen LogP contribution in [0.1, 0.15) is 16.7 Å². The van der Waals surface area contributed by atoms with Gasteiger partial charge in [0.1, 0.15) is 11.5 Å². The largest absolute Gasteiger partial charge is 0.521 e. The van der Waals surface area contributed by atoms with Crippen LogP contribution < -0.4 is 10.2 Å². The molecule has 0 saturated carbocycles. The zero-order chi connectivity index (χ0) is 23.9. The zero-order valence-electron chi connectivity index (χ0n) is 17.5. The van der Waals surface area contributed by atoms with E-state index in [1.54, 1.807) is 38.1 Å². The molecule has 0 aliphatic rings. The molecule has 0 unspecified atom stereocenters. The molecule has 0 amide bonds. The van der Waals surface area contributed by atoms with Crippen molar-refractivity contribution in [2.45, 2.75) is 13.8 Å². The van der Waals surface area contributed by atoms with Gasteiger partial charge in [0.25, 0.3) is 0 Å². The van der Waals surface area contributed by atoms with Crippen molar-refractivity contribution in [2.24, 2.45) is 0 Å². The molecule has 0 fully saturated rings. The second kappa shape index (κ2) is 20.3. The van der Waals surface area contributed by atoms with Crippen molar-refractivity contribution in [3.8, 4) is 70.7 Å². The van der Waals surface area contributed by atoms with E-state index in [2.05, 4.69) is 64.0 Å². The molecule has 0 aliphatic carbocycles. The normalized spacial score (nSPS) is 7.19. The highest BCUT2D eigenvalue weighted by molar-refractivity contribution is 6.58. The van der Waals surface area contributed by atoms with Crippen LogP contribution in [0, 0.1) is 59.2 Å². The lowest BCUT2D eigenvalue weighted by molar-refractivity contribution is -0.148. The summed E-state index contributed by atoms with van der Waals surface area (Å²) in [7, 11) is -1.26. The van der Waals surface area contributed by atoms with Crippen LogP contribution in [0.5, 0.6) is 11.5 Å². The molecule has 161 valence electrons. The molecule has 0 saturated heterocycles. The van der Waals surface area contributed by atoms with Gasteiger partial charge >= 0.3 is 14.8 Å². The molecule has 0 bridgehead atoms. The summed E-state index contributed by atoms with van der Waals surface area (Å²) in [6, 6.07) is 16.0. The molecule has 1 radical (unpaired) electrons. The number of hydrogen-bond donors (Lipinski definition) is 4. The first kappa shape index (κ1) is 28.0. The lowest BCUT2D eigenvalue weighted by Crippen LogP contribution is -2.29. The van der Waals surface area contributed by atoms with E-state index in [1.807, 2.05) is 30.3 Å². The van der Waals surface area contributed by atoms with Crippen molar-refractivity contribution < 1.29 is 32.7 Å². The van der Waals surface area contributed by atoms with Crippen LogP contribution >= 0.6 is 0 Å². The monoisotopic (exact) mass is 429 g/mol.